The molecule has 1 heterocycles. The minimum absolute atomic E-state index is 0.157. The van der Waals surface area contributed by atoms with Crippen LogP contribution in [0.4, 0.5) is 5.69 Å². The standard InChI is InChI=1S/C22H25N3O4/c1-3-29-19-10-8-18(9-11-19)23-20(26)15-25-13-12-24(21(27)22(25)28)14-17-6-4-16(2)5-7-17/h4-11H,3,12-15H2,1-2H3,(H,23,26). The van der Waals surface area contributed by atoms with E-state index >= 15 is 0 Å². The molecule has 0 unspecified atom stereocenters. The molecule has 2 aromatic rings. The number of nitrogens with zero attached hydrogens (tertiary/aromatic N) is 2. The Morgan fingerprint density at radius 2 is 1.59 bits per heavy atom. The fourth-order valence-electron chi connectivity index (χ4n) is 3.11. The average molecular weight is 395 g/mol. The number of hydrogen-bond donors (Lipinski definition) is 1. The second kappa shape index (κ2) is 9.23. The van der Waals surface area contributed by atoms with Crippen molar-refractivity contribution in [2.75, 3.05) is 31.6 Å². The van der Waals surface area contributed by atoms with Gasteiger partial charge in [0, 0.05) is 25.3 Å². The van der Waals surface area contributed by atoms with Gasteiger partial charge >= 0.3 is 11.8 Å². The summed E-state index contributed by atoms with van der Waals surface area (Å²) in [5.41, 5.74) is 2.72. The molecule has 1 N–H and O–H groups in total. The number of hydrogen-bond acceptors (Lipinski definition) is 4. The highest BCUT2D eigenvalue weighted by molar-refractivity contribution is 6.35. The summed E-state index contributed by atoms with van der Waals surface area (Å²) in [6.45, 7) is 5.41. The molecule has 29 heavy (non-hydrogen) atoms. The average Bonchev–Trinajstić information content (AvgIpc) is 2.71. The van der Waals surface area contributed by atoms with Crippen LogP contribution in [-0.4, -0.2) is 53.8 Å². The number of benzene rings is 2. The normalized spacial score (nSPS) is 14.1. The van der Waals surface area contributed by atoms with Gasteiger partial charge < -0.3 is 19.9 Å². The number of anilines is 1. The summed E-state index contributed by atoms with van der Waals surface area (Å²) >= 11 is 0. The van der Waals surface area contributed by atoms with E-state index < -0.39 is 11.8 Å². The van der Waals surface area contributed by atoms with Gasteiger partial charge in [0.2, 0.25) is 5.91 Å². The Balaban J connectivity index is 1.53. The van der Waals surface area contributed by atoms with Crippen LogP contribution < -0.4 is 10.1 Å². The molecule has 1 fully saturated rings. The van der Waals surface area contributed by atoms with E-state index in [0.717, 1.165) is 16.9 Å². The van der Waals surface area contributed by atoms with Crippen LogP contribution in [0.2, 0.25) is 0 Å². The molecule has 1 aliphatic rings. The van der Waals surface area contributed by atoms with E-state index in [1.54, 1.807) is 24.3 Å². The van der Waals surface area contributed by atoms with Crippen LogP contribution in [0.1, 0.15) is 18.1 Å². The molecule has 0 spiro atoms. The van der Waals surface area contributed by atoms with Crippen molar-refractivity contribution in [2.24, 2.45) is 0 Å². The quantitative estimate of drug-likeness (QED) is 0.729. The third-order valence-electron chi connectivity index (χ3n) is 4.67. The molecule has 7 heteroatoms. The monoisotopic (exact) mass is 395 g/mol. The van der Waals surface area contributed by atoms with E-state index in [1.165, 1.54) is 9.80 Å². The lowest BCUT2D eigenvalue weighted by atomic mass is 10.1. The molecule has 0 saturated carbocycles. The molecule has 1 saturated heterocycles. The summed E-state index contributed by atoms with van der Waals surface area (Å²) in [5, 5.41) is 2.74. The van der Waals surface area contributed by atoms with Crippen LogP contribution in [-0.2, 0) is 20.9 Å². The number of amides is 3. The van der Waals surface area contributed by atoms with Gasteiger partial charge in [-0.1, -0.05) is 29.8 Å². The predicted molar refractivity (Wildman–Crippen MR) is 109 cm³/mol. The van der Waals surface area contributed by atoms with Crippen LogP contribution in [0, 0.1) is 6.92 Å². The molecule has 152 valence electrons. The highest BCUT2D eigenvalue weighted by Gasteiger charge is 2.33. The summed E-state index contributed by atoms with van der Waals surface area (Å²) in [7, 11) is 0. The second-order valence-electron chi connectivity index (χ2n) is 6.94. The number of rotatable bonds is 7. The first-order valence-corrected chi connectivity index (χ1v) is 9.62. The summed E-state index contributed by atoms with van der Waals surface area (Å²) in [5.74, 6) is -0.853. The van der Waals surface area contributed by atoms with Gasteiger partial charge in [0.1, 0.15) is 12.3 Å². The molecule has 0 aliphatic carbocycles. The Bertz CT molecular complexity index is 878. The van der Waals surface area contributed by atoms with E-state index in [-0.39, 0.29) is 12.5 Å². The van der Waals surface area contributed by atoms with Gasteiger partial charge in [-0.2, -0.15) is 0 Å². The first kappa shape index (κ1) is 20.4. The largest absolute Gasteiger partial charge is 0.494 e. The molecule has 2 aromatic carbocycles. The first-order chi connectivity index (χ1) is 14.0. The van der Waals surface area contributed by atoms with Gasteiger partial charge in [0.25, 0.3) is 0 Å². The van der Waals surface area contributed by atoms with Crippen molar-refractivity contribution in [1.29, 1.82) is 0 Å². The lowest BCUT2D eigenvalue weighted by Crippen LogP contribution is -2.55. The van der Waals surface area contributed by atoms with Crippen molar-refractivity contribution in [1.82, 2.24) is 9.80 Å². The van der Waals surface area contributed by atoms with Crippen LogP contribution in [0.5, 0.6) is 5.75 Å². The van der Waals surface area contributed by atoms with Crippen LogP contribution >= 0.6 is 0 Å². The molecule has 7 nitrogen and oxygen atoms in total. The molecular weight excluding hydrogens is 370 g/mol. The van der Waals surface area contributed by atoms with Gasteiger partial charge in [-0.05, 0) is 43.7 Å². The van der Waals surface area contributed by atoms with Gasteiger partial charge in [-0.15, -0.1) is 0 Å². The second-order valence-corrected chi connectivity index (χ2v) is 6.94. The molecule has 3 rings (SSSR count). The Labute approximate surface area is 170 Å². The SMILES string of the molecule is CCOc1ccc(NC(=O)CN2CCN(Cc3ccc(C)cc3)C(=O)C2=O)cc1. The van der Waals surface area contributed by atoms with E-state index in [2.05, 4.69) is 5.32 Å². The number of aryl methyl sites for hydroxylation is 1. The number of ether oxygens (including phenoxy) is 1. The smallest absolute Gasteiger partial charge is 0.312 e. The Hall–Kier alpha value is -3.35. The fourth-order valence-corrected chi connectivity index (χ4v) is 3.11. The van der Waals surface area contributed by atoms with Crippen LogP contribution in [0.15, 0.2) is 48.5 Å². The van der Waals surface area contributed by atoms with Gasteiger partial charge in [0.15, 0.2) is 0 Å². The maximum Gasteiger partial charge on any atom is 0.312 e. The van der Waals surface area contributed by atoms with E-state index in [9.17, 15) is 14.4 Å². The molecule has 1 aliphatic heterocycles. The maximum absolute atomic E-state index is 12.4. The zero-order valence-electron chi connectivity index (χ0n) is 16.7. The topological polar surface area (TPSA) is 79.0 Å². The third kappa shape index (κ3) is 5.34. The fraction of sp³-hybridized carbons (Fsp3) is 0.318. The minimum atomic E-state index is -0.648. The van der Waals surface area contributed by atoms with Crippen molar-refractivity contribution < 1.29 is 19.1 Å². The van der Waals surface area contributed by atoms with E-state index in [1.807, 2.05) is 38.1 Å². The highest BCUT2D eigenvalue weighted by Crippen LogP contribution is 2.16. The molecule has 0 bridgehead atoms. The molecule has 3 amide bonds. The number of carbonyl (C=O) groups is 3. The van der Waals surface area contributed by atoms with Gasteiger partial charge in [0.05, 0.1) is 6.61 Å². The summed E-state index contributed by atoms with van der Waals surface area (Å²) < 4.78 is 5.36. The Morgan fingerprint density at radius 1 is 0.966 bits per heavy atom. The zero-order valence-corrected chi connectivity index (χ0v) is 16.7. The highest BCUT2D eigenvalue weighted by atomic mass is 16.5. The van der Waals surface area contributed by atoms with Crippen LogP contribution in [0.3, 0.4) is 0 Å². The molecule has 0 atom stereocenters. The van der Waals surface area contributed by atoms with Gasteiger partial charge in [-0.25, -0.2) is 0 Å². The minimum Gasteiger partial charge on any atom is -0.494 e. The summed E-state index contributed by atoms with van der Waals surface area (Å²) in [4.78, 5) is 40.0. The Kier molecular flexibility index (Phi) is 6.49. The maximum atomic E-state index is 12.4. The van der Waals surface area contributed by atoms with E-state index in [0.29, 0.717) is 31.9 Å². The summed E-state index contributed by atoms with van der Waals surface area (Å²) in [6, 6.07) is 14.8. The van der Waals surface area contributed by atoms with Crippen molar-refractivity contribution >= 4 is 23.4 Å². The lowest BCUT2D eigenvalue weighted by molar-refractivity contribution is -0.157. The van der Waals surface area contributed by atoms with Crippen molar-refractivity contribution in [2.45, 2.75) is 20.4 Å². The predicted octanol–water partition coefficient (Wildman–Crippen LogP) is 2.20. The zero-order chi connectivity index (χ0) is 20.8. The molecular formula is C22H25N3O4. The number of nitrogens with one attached hydrogen (secondary N) is 1. The molecule has 0 aromatic heterocycles. The van der Waals surface area contributed by atoms with Gasteiger partial charge in [-0.3, -0.25) is 14.4 Å². The van der Waals surface area contributed by atoms with Crippen molar-refractivity contribution in [3.8, 4) is 5.75 Å². The van der Waals surface area contributed by atoms with Crippen molar-refractivity contribution in [3.63, 3.8) is 0 Å². The summed E-state index contributed by atoms with van der Waals surface area (Å²) in [6.07, 6.45) is 0. The Morgan fingerprint density at radius 3 is 2.24 bits per heavy atom. The first-order valence-electron chi connectivity index (χ1n) is 9.62. The lowest BCUT2D eigenvalue weighted by Gasteiger charge is -2.33. The third-order valence-corrected chi connectivity index (χ3v) is 4.67. The number of piperazine rings is 1. The van der Waals surface area contributed by atoms with Crippen LogP contribution in [0.25, 0.3) is 0 Å². The van der Waals surface area contributed by atoms with E-state index in [4.69, 9.17) is 4.74 Å². The number of carbonyl (C=O) groups excluding carboxylic acids is 3. The molecule has 0 radical (unpaired) electrons. The van der Waals surface area contributed by atoms with Crippen molar-refractivity contribution in [3.05, 3.63) is 59.7 Å².